The SMILES string of the molecule is CN(C)c1cccc(NC2=NC3(CCCCC3)CS2)c1. The molecular weight excluding hydrogens is 266 g/mol. The Labute approximate surface area is 125 Å². The number of hydrogen-bond acceptors (Lipinski definition) is 4. The van der Waals surface area contributed by atoms with Gasteiger partial charge in [0.25, 0.3) is 0 Å². The van der Waals surface area contributed by atoms with Gasteiger partial charge < -0.3 is 10.2 Å². The molecule has 3 rings (SSSR count). The van der Waals surface area contributed by atoms with Crippen LogP contribution in [0.5, 0.6) is 0 Å². The van der Waals surface area contributed by atoms with Crippen molar-refractivity contribution >= 4 is 28.3 Å². The molecule has 1 spiro atoms. The van der Waals surface area contributed by atoms with Gasteiger partial charge in [-0.3, -0.25) is 4.99 Å². The van der Waals surface area contributed by atoms with Crippen molar-refractivity contribution < 1.29 is 0 Å². The molecule has 0 aromatic heterocycles. The fourth-order valence-corrected chi connectivity index (χ4v) is 4.20. The van der Waals surface area contributed by atoms with Crippen LogP contribution in [0.25, 0.3) is 0 Å². The third kappa shape index (κ3) is 2.95. The lowest BCUT2D eigenvalue weighted by molar-refractivity contribution is 0.335. The number of aliphatic imine (C=N–C) groups is 1. The minimum atomic E-state index is 0.240. The summed E-state index contributed by atoms with van der Waals surface area (Å²) in [4.78, 5) is 7.13. The van der Waals surface area contributed by atoms with Crippen LogP contribution >= 0.6 is 11.8 Å². The van der Waals surface area contributed by atoms with E-state index in [-0.39, 0.29) is 5.54 Å². The van der Waals surface area contributed by atoms with Crippen molar-refractivity contribution in [1.82, 2.24) is 0 Å². The van der Waals surface area contributed by atoms with Crippen molar-refractivity contribution in [1.29, 1.82) is 0 Å². The molecular formula is C16H23N3S. The standard InChI is InChI=1S/C16H23N3S/c1-19(2)14-8-6-7-13(11-14)17-15-18-16(12-20-15)9-4-3-5-10-16/h6-8,11H,3-5,9-10,12H2,1-2H3,(H,17,18). The molecule has 2 aliphatic rings. The van der Waals surface area contributed by atoms with E-state index in [2.05, 4.69) is 48.6 Å². The summed E-state index contributed by atoms with van der Waals surface area (Å²) >= 11 is 1.88. The van der Waals surface area contributed by atoms with Gasteiger partial charge in [0, 0.05) is 31.2 Å². The average molecular weight is 289 g/mol. The molecule has 1 fully saturated rings. The highest BCUT2D eigenvalue weighted by atomic mass is 32.2. The van der Waals surface area contributed by atoms with Crippen molar-refractivity contribution in [2.75, 3.05) is 30.1 Å². The number of amidine groups is 1. The van der Waals surface area contributed by atoms with Crippen LogP contribution in [0.2, 0.25) is 0 Å². The van der Waals surface area contributed by atoms with E-state index in [0.29, 0.717) is 0 Å². The lowest BCUT2D eigenvalue weighted by atomic mass is 9.84. The van der Waals surface area contributed by atoms with Gasteiger partial charge in [-0.1, -0.05) is 37.1 Å². The Morgan fingerprint density at radius 3 is 2.75 bits per heavy atom. The Morgan fingerprint density at radius 2 is 2.00 bits per heavy atom. The van der Waals surface area contributed by atoms with Crippen LogP contribution in [0.1, 0.15) is 32.1 Å². The van der Waals surface area contributed by atoms with E-state index in [1.165, 1.54) is 37.8 Å². The predicted octanol–water partition coefficient (Wildman–Crippen LogP) is 3.97. The zero-order valence-corrected chi connectivity index (χ0v) is 13.2. The van der Waals surface area contributed by atoms with E-state index in [9.17, 15) is 0 Å². The summed E-state index contributed by atoms with van der Waals surface area (Å²) in [5, 5.41) is 4.59. The molecule has 4 heteroatoms. The van der Waals surface area contributed by atoms with Gasteiger partial charge in [0.05, 0.1) is 5.54 Å². The average Bonchev–Trinajstić information content (AvgIpc) is 2.82. The van der Waals surface area contributed by atoms with Crippen molar-refractivity contribution in [3.8, 4) is 0 Å². The number of hydrogen-bond donors (Lipinski definition) is 1. The first kappa shape index (κ1) is 13.8. The second-order valence-corrected chi connectivity index (χ2v) is 7.02. The second-order valence-electron chi connectivity index (χ2n) is 6.06. The summed E-state index contributed by atoms with van der Waals surface area (Å²) in [6, 6.07) is 8.50. The Balaban J connectivity index is 1.72. The Hall–Kier alpha value is -1.16. The fraction of sp³-hybridized carbons (Fsp3) is 0.562. The zero-order chi connectivity index (χ0) is 14.0. The van der Waals surface area contributed by atoms with Crippen LogP contribution in [0, 0.1) is 0 Å². The number of rotatable bonds is 2. The third-order valence-corrected chi connectivity index (χ3v) is 5.36. The zero-order valence-electron chi connectivity index (χ0n) is 12.4. The Morgan fingerprint density at radius 1 is 1.20 bits per heavy atom. The van der Waals surface area contributed by atoms with Gasteiger partial charge in [-0.15, -0.1) is 0 Å². The highest BCUT2D eigenvalue weighted by molar-refractivity contribution is 8.14. The van der Waals surface area contributed by atoms with Crippen molar-refractivity contribution in [3.05, 3.63) is 24.3 Å². The van der Waals surface area contributed by atoms with Gasteiger partial charge in [-0.05, 0) is 31.0 Å². The Kier molecular flexibility index (Phi) is 3.92. The number of thioether (sulfide) groups is 1. The summed E-state index contributed by atoms with van der Waals surface area (Å²) in [7, 11) is 4.13. The van der Waals surface area contributed by atoms with Gasteiger partial charge in [-0.2, -0.15) is 0 Å². The van der Waals surface area contributed by atoms with Crippen LogP contribution in [0.3, 0.4) is 0 Å². The first-order chi connectivity index (χ1) is 9.67. The molecule has 0 bridgehead atoms. The molecule has 108 valence electrons. The number of anilines is 2. The van der Waals surface area contributed by atoms with E-state index in [1.54, 1.807) is 0 Å². The topological polar surface area (TPSA) is 27.6 Å². The summed E-state index contributed by atoms with van der Waals surface area (Å²) in [6.45, 7) is 0. The molecule has 20 heavy (non-hydrogen) atoms. The third-order valence-electron chi connectivity index (χ3n) is 4.21. The molecule has 1 heterocycles. The van der Waals surface area contributed by atoms with E-state index in [0.717, 1.165) is 16.6 Å². The molecule has 3 nitrogen and oxygen atoms in total. The van der Waals surface area contributed by atoms with Crippen LogP contribution in [-0.4, -0.2) is 30.6 Å². The van der Waals surface area contributed by atoms with Crippen LogP contribution in [0.15, 0.2) is 29.3 Å². The van der Waals surface area contributed by atoms with E-state index in [4.69, 9.17) is 4.99 Å². The lowest BCUT2D eigenvalue weighted by Gasteiger charge is -2.29. The largest absolute Gasteiger partial charge is 0.378 e. The highest BCUT2D eigenvalue weighted by Gasteiger charge is 2.36. The molecule has 0 radical (unpaired) electrons. The van der Waals surface area contributed by atoms with Crippen LogP contribution in [0.4, 0.5) is 11.4 Å². The molecule has 1 aromatic carbocycles. The summed E-state index contributed by atoms with van der Waals surface area (Å²) < 4.78 is 0. The summed E-state index contributed by atoms with van der Waals surface area (Å²) in [5.41, 5.74) is 2.59. The van der Waals surface area contributed by atoms with E-state index in [1.807, 2.05) is 11.8 Å². The van der Waals surface area contributed by atoms with Crippen molar-refractivity contribution in [3.63, 3.8) is 0 Å². The van der Waals surface area contributed by atoms with Gasteiger partial charge in [-0.25, -0.2) is 0 Å². The number of nitrogens with zero attached hydrogens (tertiary/aromatic N) is 2. The van der Waals surface area contributed by atoms with Gasteiger partial charge >= 0.3 is 0 Å². The van der Waals surface area contributed by atoms with Crippen molar-refractivity contribution in [2.24, 2.45) is 4.99 Å². The normalized spacial score (nSPS) is 20.8. The lowest BCUT2D eigenvalue weighted by Crippen LogP contribution is -2.29. The molecule has 1 aromatic rings. The second kappa shape index (κ2) is 5.68. The van der Waals surface area contributed by atoms with Crippen LogP contribution in [-0.2, 0) is 0 Å². The Bertz CT molecular complexity index is 504. The molecule has 1 aliphatic heterocycles. The quantitative estimate of drug-likeness (QED) is 0.892. The molecule has 0 amide bonds. The highest BCUT2D eigenvalue weighted by Crippen LogP contribution is 2.39. The van der Waals surface area contributed by atoms with Crippen LogP contribution < -0.4 is 10.2 Å². The molecule has 0 saturated heterocycles. The predicted molar refractivity (Wildman–Crippen MR) is 90.1 cm³/mol. The molecule has 1 saturated carbocycles. The maximum absolute atomic E-state index is 5.00. The molecule has 1 aliphatic carbocycles. The number of nitrogens with one attached hydrogen (secondary N) is 1. The molecule has 0 unspecified atom stereocenters. The van der Waals surface area contributed by atoms with Crippen molar-refractivity contribution in [2.45, 2.75) is 37.6 Å². The number of benzene rings is 1. The first-order valence-electron chi connectivity index (χ1n) is 7.44. The van der Waals surface area contributed by atoms with E-state index < -0.39 is 0 Å². The fourth-order valence-electron chi connectivity index (χ4n) is 3.00. The minimum absolute atomic E-state index is 0.240. The molecule has 1 N–H and O–H groups in total. The van der Waals surface area contributed by atoms with Gasteiger partial charge in [0.15, 0.2) is 5.17 Å². The smallest absolute Gasteiger partial charge is 0.161 e. The van der Waals surface area contributed by atoms with E-state index >= 15 is 0 Å². The maximum atomic E-state index is 5.00. The first-order valence-corrected chi connectivity index (χ1v) is 8.43. The monoisotopic (exact) mass is 289 g/mol. The van der Waals surface area contributed by atoms with Gasteiger partial charge in [0.2, 0.25) is 0 Å². The van der Waals surface area contributed by atoms with Gasteiger partial charge in [0.1, 0.15) is 0 Å². The minimum Gasteiger partial charge on any atom is -0.378 e. The summed E-state index contributed by atoms with van der Waals surface area (Å²) in [6.07, 6.45) is 6.60. The summed E-state index contributed by atoms with van der Waals surface area (Å²) in [5.74, 6) is 1.16. The maximum Gasteiger partial charge on any atom is 0.161 e. The molecule has 0 atom stereocenters.